The van der Waals surface area contributed by atoms with Crippen molar-refractivity contribution >= 4 is 40.3 Å². The van der Waals surface area contributed by atoms with Crippen molar-refractivity contribution in [2.75, 3.05) is 11.1 Å². The third-order valence-electron chi connectivity index (χ3n) is 4.51. The van der Waals surface area contributed by atoms with E-state index in [1.54, 1.807) is 35.9 Å². The van der Waals surface area contributed by atoms with Crippen molar-refractivity contribution in [3.63, 3.8) is 0 Å². The third-order valence-corrected chi connectivity index (χ3v) is 5.49. The number of aromatic nitrogens is 4. The lowest BCUT2D eigenvalue weighted by molar-refractivity contribution is -0.113. The van der Waals surface area contributed by atoms with Crippen molar-refractivity contribution < 1.29 is 9.59 Å². The molecule has 10 heteroatoms. The van der Waals surface area contributed by atoms with Crippen molar-refractivity contribution in [3.8, 4) is 0 Å². The fourth-order valence-corrected chi connectivity index (χ4v) is 3.83. The number of rotatable bonds is 6. The van der Waals surface area contributed by atoms with Crippen LogP contribution in [0.2, 0.25) is 0 Å². The summed E-state index contributed by atoms with van der Waals surface area (Å²) in [6.07, 6.45) is 0. The van der Waals surface area contributed by atoms with Gasteiger partial charge < -0.3 is 9.88 Å². The highest BCUT2D eigenvalue weighted by atomic mass is 32.2. The molecule has 0 aliphatic rings. The second-order valence-corrected chi connectivity index (χ2v) is 7.43. The lowest BCUT2D eigenvalue weighted by Crippen LogP contribution is -2.37. The Balaban J connectivity index is 1.85. The number of anilines is 1. The summed E-state index contributed by atoms with van der Waals surface area (Å²) in [5.41, 5.74) is 0.785. The van der Waals surface area contributed by atoms with Gasteiger partial charge in [-0.3, -0.25) is 23.5 Å². The molecule has 0 unspecified atom stereocenters. The standard InChI is InChI=1S/C19H21N5O4S/c1-5-24-15-16(22(3)19(28)23(4)17(15)27)21-18(24)29-10-14(26)20-13-8-6-7-12(9-13)11(2)25/h6-9H,5,10H2,1-4H3,(H,20,26). The highest BCUT2D eigenvalue weighted by Crippen LogP contribution is 2.22. The fraction of sp³-hybridized carbons (Fsp3) is 0.316. The highest BCUT2D eigenvalue weighted by Gasteiger charge is 2.19. The van der Waals surface area contributed by atoms with Crippen LogP contribution >= 0.6 is 11.8 Å². The molecule has 0 bridgehead atoms. The lowest BCUT2D eigenvalue weighted by atomic mass is 10.1. The molecule has 29 heavy (non-hydrogen) atoms. The predicted octanol–water partition coefficient (Wildman–Crippen LogP) is 1.39. The number of carbonyl (C=O) groups is 2. The van der Waals surface area contributed by atoms with Crippen LogP contribution in [0.5, 0.6) is 0 Å². The number of thioether (sulfide) groups is 1. The predicted molar refractivity (Wildman–Crippen MR) is 112 cm³/mol. The molecule has 0 aliphatic heterocycles. The van der Waals surface area contributed by atoms with Gasteiger partial charge in [0, 0.05) is 31.9 Å². The maximum absolute atomic E-state index is 12.5. The van der Waals surface area contributed by atoms with Gasteiger partial charge in [0.05, 0.1) is 5.75 Å². The maximum Gasteiger partial charge on any atom is 0.332 e. The molecule has 1 aromatic carbocycles. The van der Waals surface area contributed by atoms with E-state index in [1.165, 1.54) is 30.3 Å². The molecular formula is C19H21N5O4S. The van der Waals surface area contributed by atoms with Gasteiger partial charge in [-0.05, 0) is 26.0 Å². The molecule has 0 spiro atoms. The second kappa shape index (κ2) is 8.08. The molecule has 9 nitrogen and oxygen atoms in total. The van der Waals surface area contributed by atoms with Gasteiger partial charge in [0.25, 0.3) is 5.56 Å². The van der Waals surface area contributed by atoms with E-state index in [1.807, 2.05) is 6.92 Å². The Morgan fingerprint density at radius 3 is 2.55 bits per heavy atom. The summed E-state index contributed by atoms with van der Waals surface area (Å²) < 4.78 is 4.06. The van der Waals surface area contributed by atoms with E-state index in [0.717, 1.165) is 4.57 Å². The van der Waals surface area contributed by atoms with Crippen LogP contribution in [-0.2, 0) is 25.4 Å². The molecule has 3 aromatic rings. The van der Waals surface area contributed by atoms with E-state index in [-0.39, 0.29) is 23.1 Å². The Morgan fingerprint density at radius 2 is 1.90 bits per heavy atom. The van der Waals surface area contributed by atoms with Crippen LogP contribution in [0.4, 0.5) is 5.69 Å². The van der Waals surface area contributed by atoms with Crippen molar-refractivity contribution in [3.05, 3.63) is 50.7 Å². The number of hydrogen-bond donors (Lipinski definition) is 1. The minimum absolute atomic E-state index is 0.0574. The molecule has 152 valence electrons. The van der Waals surface area contributed by atoms with Crippen LogP contribution in [0.15, 0.2) is 39.0 Å². The van der Waals surface area contributed by atoms with Crippen molar-refractivity contribution in [1.82, 2.24) is 18.7 Å². The fourth-order valence-electron chi connectivity index (χ4n) is 2.97. The summed E-state index contributed by atoms with van der Waals surface area (Å²) in [6.45, 7) is 3.79. The first-order valence-electron chi connectivity index (χ1n) is 8.94. The molecule has 2 aromatic heterocycles. The SMILES string of the molecule is CCn1c(SCC(=O)Nc2cccc(C(C)=O)c2)nc2c1c(=O)n(C)c(=O)n2C. The molecule has 0 saturated heterocycles. The first kappa shape index (κ1) is 20.6. The smallest absolute Gasteiger partial charge is 0.325 e. The molecule has 3 rings (SSSR count). The first-order valence-corrected chi connectivity index (χ1v) is 9.93. The van der Waals surface area contributed by atoms with E-state index in [9.17, 15) is 19.2 Å². The summed E-state index contributed by atoms with van der Waals surface area (Å²) in [6, 6.07) is 6.70. The van der Waals surface area contributed by atoms with E-state index in [4.69, 9.17) is 0 Å². The lowest BCUT2D eigenvalue weighted by Gasteiger charge is -2.07. The van der Waals surface area contributed by atoms with Gasteiger partial charge in [0.1, 0.15) is 0 Å². The zero-order valence-electron chi connectivity index (χ0n) is 16.6. The topological polar surface area (TPSA) is 108 Å². The molecule has 0 aliphatic carbocycles. The van der Waals surface area contributed by atoms with Gasteiger partial charge in [-0.25, -0.2) is 9.78 Å². The number of nitrogens with zero attached hydrogens (tertiary/aromatic N) is 4. The Kier molecular flexibility index (Phi) is 5.73. The Hall–Kier alpha value is -3.14. The van der Waals surface area contributed by atoms with Gasteiger partial charge in [-0.2, -0.15) is 0 Å². The molecule has 0 saturated carbocycles. The third kappa shape index (κ3) is 3.88. The number of carbonyl (C=O) groups excluding carboxylic acids is 2. The minimum atomic E-state index is -0.456. The second-order valence-electron chi connectivity index (χ2n) is 6.49. The van der Waals surface area contributed by atoms with Gasteiger partial charge in [-0.1, -0.05) is 23.9 Å². The summed E-state index contributed by atoms with van der Waals surface area (Å²) in [4.78, 5) is 52.9. The summed E-state index contributed by atoms with van der Waals surface area (Å²) in [7, 11) is 2.98. The van der Waals surface area contributed by atoms with Crippen molar-refractivity contribution in [1.29, 1.82) is 0 Å². The van der Waals surface area contributed by atoms with Gasteiger partial charge >= 0.3 is 5.69 Å². The number of hydrogen-bond acceptors (Lipinski definition) is 6. The number of ketones is 1. The number of nitrogens with one attached hydrogen (secondary N) is 1. The number of benzene rings is 1. The average molecular weight is 415 g/mol. The maximum atomic E-state index is 12.5. The highest BCUT2D eigenvalue weighted by molar-refractivity contribution is 7.99. The average Bonchev–Trinajstić information content (AvgIpc) is 3.08. The number of aryl methyl sites for hydroxylation is 2. The summed E-state index contributed by atoms with van der Waals surface area (Å²) >= 11 is 1.17. The van der Waals surface area contributed by atoms with E-state index < -0.39 is 11.2 Å². The molecular weight excluding hydrogens is 394 g/mol. The number of fused-ring (bicyclic) bond motifs is 1. The van der Waals surface area contributed by atoms with Crippen molar-refractivity contribution in [2.24, 2.45) is 14.1 Å². The Morgan fingerprint density at radius 1 is 1.17 bits per heavy atom. The van der Waals surface area contributed by atoms with E-state index >= 15 is 0 Å². The number of Topliss-reactive ketones (excluding diaryl/α,β-unsaturated/α-hetero) is 1. The molecule has 2 heterocycles. The van der Waals surface area contributed by atoms with E-state index in [0.29, 0.717) is 28.5 Å². The van der Waals surface area contributed by atoms with Crippen LogP contribution in [0.1, 0.15) is 24.2 Å². The summed E-state index contributed by atoms with van der Waals surface area (Å²) in [5, 5.41) is 3.23. The van der Waals surface area contributed by atoms with Gasteiger partial charge in [0.15, 0.2) is 22.1 Å². The Bertz CT molecular complexity index is 1240. The zero-order valence-corrected chi connectivity index (χ0v) is 17.4. The molecule has 1 N–H and O–H groups in total. The molecule has 1 amide bonds. The zero-order chi connectivity index (χ0) is 21.3. The Labute approximate surface area is 170 Å². The largest absolute Gasteiger partial charge is 0.332 e. The van der Waals surface area contributed by atoms with Gasteiger partial charge in [-0.15, -0.1) is 0 Å². The van der Waals surface area contributed by atoms with Crippen LogP contribution in [0.25, 0.3) is 11.2 Å². The normalized spacial score (nSPS) is 11.0. The van der Waals surface area contributed by atoms with Crippen LogP contribution in [0.3, 0.4) is 0 Å². The minimum Gasteiger partial charge on any atom is -0.325 e. The summed E-state index contributed by atoms with van der Waals surface area (Å²) in [5.74, 6) is -0.298. The van der Waals surface area contributed by atoms with Crippen LogP contribution < -0.4 is 16.6 Å². The number of imidazole rings is 1. The van der Waals surface area contributed by atoms with E-state index in [2.05, 4.69) is 10.3 Å². The van der Waals surface area contributed by atoms with Crippen molar-refractivity contribution in [2.45, 2.75) is 25.5 Å². The molecule has 0 fully saturated rings. The monoisotopic (exact) mass is 415 g/mol. The first-order chi connectivity index (χ1) is 13.7. The van der Waals surface area contributed by atoms with Crippen LogP contribution in [0, 0.1) is 0 Å². The van der Waals surface area contributed by atoms with Gasteiger partial charge in [0.2, 0.25) is 5.91 Å². The molecule has 0 radical (unpaired) electrons. The molecule has 0 atom stereocenters. The quantitative estimate of drug-likeness (QED) is 0.481. The van der Waals surface area contributed by atoms with Crippen LogP contribution in [-0.4, -0.2) is 36.1 Å². The number of amides is 1.